The molecule has 8 bridgehead atoms. The van der Waals surface area contributed by atoms with Crippen molar-refractivity contribution in [3.8, 4) is 11.5 Å². The van der Waals surface area contributed by atoms with Gasteiger partial charge >= 0.3 is 0 Å². The lowest BCUT2D eigenvalue weighted by molar-refractivity contribution is -0.00813. The Labute approximate surface area is 272 Å². The molecular formula is C40H48O6. The van der Waals surface area contributed by atoms with Crippen LogP contribution in [0.15, 0.2) is 48.3 Å². The van der Waals surface area contributed by atoms with Crippen LogP contribution >= 0.6 is 0 Å². The molecule has 0 unspecified atom stereocenters. The Balaban J connectivity index is 1.05. The molecule has 6 nitrogen and oxygen atoms in total. The van der Waals surface area contributed by atoms with Crippen LogP contribution in [0.2, 0.25) is 0 Å². The van der Waals surface area contributed by atoms with Crippen molar-refractivity contribution in [3.63, 3.8) is 0 Å². The Bertz CT molecular complexity index is 1520. The first-order valence-corrected chi connectivity index (χ1v) is 18.3. The van der Waals surface area contributed by atoms with Crippen molar-refractivity contribution in [3.05, 3.63) is 59.4 Å². The highest BCUT2D eigenvalue weighted by atomic mass is 16.6. The lowest BCUT2D eigenvalue weighted by Crippen LogP contribution is -2.49. The summed E-state index contributed by atoms with van der Waals surface area (Å²) in [6, 6.07) is 9.76. The summed E-state index contributed by atoms with van der Waals surface area (Å²) in [7, 11) is 0. The molecule has 0 radical (unpaired) electrons. The predicted molar refractivity (Wildman–Crippen MR) is 175 cm³/mol. The molecule has 8 fully saturated rings. The second-order valence-corrected chi connectivity index (χ2v) is 16.6. The van der Waals surface area contributed by atoms with E-state index in [9.17, 15) is 0 Å². The SMILES string of the molecule is C1=C(COCCOc2cc3ccc(C45CC6CC(CC(C6)C4)C5)cc3c(OCCOCC3=CO3)c2C23CC4CC(CC(C4)C2)C3)O1. The maximum atomic E-state index is 7.00. The molecule has 0 saturated heterocycles. The summed E-state index contributed by atoms with van der Waals surface area (Å²) < 4.78 is 35.9. The first-order chi connectivity index (χ1) is 22.6. The van der Waals surface area contributed by atoms with Crippen molar-refractivity contribution in [1.29, 1.82) is 0 Å². The maximum absolute atomic E-state index is 7.00. The van der Waals surface area contributed by atoms with Gasteiger partial charge in [0.2, 0.25) is 0 Å². The highest BCUT2D eigenvalue weighted by molar-refractivity contribution is 5.93. The van der Waals surface area contributed by atoms with Gasteiger partial charge in [0.1, 0.15) is 50.5 Å². The fraction of sp³-hybridized carbons (Fsp3) is 0.650. The first kappa shape index (κ1) is 28.3. The van der Waals surface area contributed by atoms with Crippen molar-refractivity contribution >= 4 is 10.8 Å². The third-order valence-corrected chi connectivity index (χ3v) is 13.3. The van der Waals surface area contributed by atoms with Crippen LogP contribution < -0.4 is 9.47 Å². The molecule has 10 aliphatic rings. The summed E-state index contributed by atoms with van der Waals surface area (Å²) in [5.41, 5.74) is 3.37. The lowest BCUT2D eigenvalue weighted by Gasteiger charge is -2.57. The highest BCUT2D eigenvalue weighted by Crippen LogP contribution is 2.65. The number of rotatable bonds is 14. The van der Waals surface area contributed by atoms with Gasteiger partial charge in [0.15, 0.2) is 11.5 Å². The molecule has 2 aromatic rings. The van der Waals surface area contributed by atoms with E-state index < -0.39 is 0 Å². The van der Waals surface area contributed by atoms with Crippen LogP contribution in [0, 0.1) is 35.5 Å². The van der Waals surface area contributed by atoms with Gasteiger partial charge in [0.25, 0.3) is 0 Å². The van der Waals surface area contributed by atoms with Crippen molar-refractivity contribution in [2.75, 3.05) is 39.6 Å². The Morgan fingerprint density at radius 1 is 0.587 bits per heavy atom. The predicted octanol–water partition coefficient (Wildman–Crippen LogP) is 8.31. The van der Waals surface area contributed by atoms with Crippen LogP contribution in [0.1, 0.15) is 88.2 Å². The van der Waals surface area contributed by atoms with E-state index in [1.54, 1.807) is 18.1 Å². The summed E-state index contributed by atoms with van der Waals surface area (Å²) in [5, 5.41) is 2.51. The molecule has 6 heteroatoms. The molecule has 0 aromatic heterocycles. The molecule has 2 aromatic carbocycles. The largest absolute Gasteiger partial charge is 0.491 e. The molecule has 46 heavy (non-hydrogen) atoms. The Kier molecular flexibility index (Phi) is 6.72. The van der Waals surface area contributed by atoms with Gasteiger partial charge in [-0.25, -0.2) is 0 Å². The monoisotopic (exact) mass is 624 g/mol. The average molecular weight is 625 g/mol. The minimum Gasteiger partial charge on any atom is -0.491 e. The second-order valence-electron chi connectivity index (χ2n) is 16.6. The van der Waals surface area contributed by atoms with E-state index in [-0.39, 0.29) is 5.41 Å². The summed E-state index contributed by atoms with van der Waals surface area (Å²) in [6.45, 7) is 3.14. The third-order valence-electron chi connectivity index (χ3n) is 13.3. The van der Waals surface area contributed by atoms with E-state index in [0.717, 1.165) is 58.5 Å². The third kappa shape index (κ3) is 5.13. The number of fused-ring (bicyclic) bond motifs is 1. The number of ether oxygens (including phenoxy) is 6. The summed E-state index contributed by atoms with van der Waals surface area (Å²) >= 11 is 0. The van der Waals surface area contributed by atoms with Crippen LogP contribution in [0.25, 0.3) is 10.8 Å². The summed E-state index contributed by atoms with van der Waals surface area (Å²) in [4.78, 5) is 0. The van der Waals surface area contributed by atoms with Gasteiger partial charge in [0.05, 0.1) is 13.2 Å². The molecule has 8 aliphatic carbocycles. The van der Waals surface area contributed by atoms with Gasteiger partial charge < -0.3 is 28.4 Å². The zero-order valence-corrected chi connectivity index (χ0v) is 27.1. The quantitative estimate of drug-likeness (QED) is 0.197. The van der Waals surface area contributed by atoms with Crippen LogP contribution in [-0.2, 0) is 29.8 Å². The molecule has 2 heterocycles. The fourth-order valence-corrected chi connectivity index (χ4v) is 12.3. The highest BCUT2D eigenvalue weighted by Gasteiger charge is 2.54. The van der Waals surface area contributed by atoms with E-state index in [2.05, 4.69) is 24.3 Å². The van der Waals surface area contributed by atoms with E-state index in [1.165, 1.54) is 93.4 Å². The lowest BCUT2D eigenvalue weighted by atomic mass is 9.47. The number of hydrogen-bond donors (Lipinski definition) is 0. The molecule has 2 aliphatic heterocycles. The molecule has 244 valence electrons. The number of benzene rings is 2. The smallest absolute Gasteiger partial charge is 0.164 e. The second kappa shape index (κ2) is 10.9. The standard InChI is InChI=1S/C40H48O6/c1-2-32(39-15-25-7-26(16-39)9-27(8-25)17-39)14-35-31(1)13-36(43-5-3-41-21-33-23-45-33)37(38(35)44-6-4-42-22-34-24-46-34)40-18-28-10-29(19-40)12-30(11-28)20-40/h1-2,13-14,23-30H,3-12,15-22H2. The van der Waals surface area contributed by atoms with Gasteiger partial charge in [0, 0.05) is 16.4 Å². The van der Waals surface area contributed by atoms with Gasteiger partial charge in [-0.3, -0.25) is 0 Å². The molecule has 8 saturated carbocycles. The average Bonchev–Trinajstić information content (AvgIpc) is 3.95. The maximum Gasteiger partial charge on any atom is 0.164 e. The van der Waals surface area contributed by atoms with E-state index >= 15 is 0 Å². The molecule has 12 rings (SSSR count). The normalized spacial score (nSPS) is 37.1. The van der Waals surface area contributed by atoms with Crippen LogP contribution in [0.5, 0.6) is 11.5 Å². The van der Waals surface area contributed by atoms with Crippen molar-refractivity contribution in [2.45, 2.75) is 87.9 Å². The molecule has 0 N–H and O–H groups in total. The molecular weight excluding hydrogens is 576 g/mol. The van der Waals surface area contributed by atoms with Crippen LogP contribution in [0.4, 0.5) is 0 Å². The molecule has 0 spiro atoms. The van der Waals surface area contributed by atoms with Gasteiger partial charge in [-0.2, -0.15) is 0 Å². The minimum atomic E-state index is 0.116. The fourth-order valence-electron chi connectivity index (χ4n) is 12.3. The first-order valence-electron chi connectivity index (χ1n) is 18.3. The van der Waals surface area contributed by atoms with Crippen molar-refractivity contribution in [1.82, 2.24) is 0 Å². The summed E-state index contributed by atoms with van der Waals surface area (Å²) in [6.07, 6.45) is 20.0. The van der Waals surface area contributed by atoms with Gasteiger partial charge in [-0.1, -0.05) is 12.1 Å². The minimum absolute atomic E-state index is 0.116. The summed E-state index contributed by atoms with van der Waals surface area (Å²) in [5.74, 6) is 9.15. The van der Waals surface area contributed by atoms with E-state index in [0.29, 0.717) is 45.1 Å². The number of hydrogen-bond acceptors (Lipinski definition) is 6. The topological polar surface area (TPSA) is 62.0 Å². The zero-order valence-electron chi connectivity index (χ0n) is 27.1. The zero-order chi connectivity index (χ0) is 30.3. The van der Waals surface area contributed by atoms with Crippen LogP contribution in [0.3, 0.4) is 0 Å². The Hall–Kier alpha value is -2.70. The Morgan fingerprint density at radius 2 is 1.09 bits per heavy atom. The van der Waals surface area contributed by atoms with Gasteiger partial charge in [-0.05, 0) is 141 Å². The molecule has 0 amide bonds. The van der Waals surface area contributed by atoms with Crippen molar-refractivity contribution in [2.24, 2.45) is 35.5 Å². The molecule has 0 atom stereocenters. The van der Waals surface area contributed by atoms with Crippen molar-refractivity contribution < 1.29 is 28.4 Å². The van der Waals surface area contributed by atoms with E-state index in [1.807, 2.05) is 0 Å². The Morgan fingerprint density at radius 3 is 1.61 bits per heavy atom. The van der Waals surface area contributed by atoms with Crippen LogP contribution in [-0.4, -0.2) is 39.6 Å². The van der Waals surface area contributed by atoms with Gasteiger partial charge in [-0.15, -0.1) is 0 Å². The van der Waals surface area contributed by atoms with E-state index in [4.69, 9.17) is 28.4 Å².